The van der Waals surface area contributed by atoms with E-state index in [0.717, 1.165) is 22.7 Å². The molecule has 5 nitrogen and oxygen atoms in total. The Morgan fingerprint density at radius 2 is 2.35 bits per heavy atom. The summed E-state index contributed by atoms with van der Waals surface area (Å²) in [5.41, 5.74) is 2.68. The van der Waals surface area contributed by atoms with Crippen LogP contribution in [-0.2, 0) is 0 Å². The number of allylic oxidation sites excluding steroid dienone is 1. The number of nitrogens with one attached hydrogen (secondary N) is 1. The molecule has 86 valence electrons. The monoisotopic (exact) mass is 229 g/mol. The van der Waals surface area contributed by atoms with Crippen molar-refractivity contribution in [1.82, 2.24) is 5.32 Å². The molecule has 1 atom stereocenters. The van der Waals surface area contributed by atoms with Crippen molar-refractivity contribution in [2.75, 3.05) is 12.1 Å². The minimum atomic E-state index is 0.0686. The van der Waals surface area contributed by atoms with Gasteiger partial charge in [-0.25, -0.2) is 0 Å². The lowest BCUT2D eigenvalue weighted by molar-refractivity contribution is 0.414. The number of benzene rings is 1. The van der Waals surface area contributed by atoms with Crippen molar-refractivity contribution >= 4 is 5.69 Å². The number of nitroso groups, excluding NO2 is 1. The quantitative estimate of drug-likeness (QED) is 0.790. The van der Waals surface area contributed by atoms with Crippen molar-refractivity contribution in [1.29, 1.82) is 0 Å². The normalized spacial score (nSPS) is 20.2. The van der Waals surface area contributed by atoms with E-state index >= 15 is 0 Å². The molecule has 0 spiro atoms. The van der Waals surface area contributed by atoms with Crippen LogP contribution in [0.5, 0.6) is 5.75 Å². The molecule has 5 heteroatoms. The molecule has 2 aliphatic heterocycles. The van der Waals surface area contributed by atoms with Gasteiger partial charge in [-0.05, 0) is 30.0 Å². The number of ether oxygens (including phenoxy) is 1. The summed E-state index contributed by atoms with van der Waals surface area (Å²) < 4.78 is 5.20. The Balaban J connectivity index is 2.17. The summed E-state index contributed by atoms with van der Waals surface area (Å²) in [6.07, 6.45) is 5.64. The minimum absolute atomic E-state index is 0.0686. The Hall–Kier alpha value is -2.30. The molecule has 1 aromatic rings. The lowest BCUT2D eigenvalue weighted by Crippen LogP contribution is -2.16. The van der Waals surface area contributed by atoms with Gasteiger partial charge in [-0.3, -0.25) is 0 Å². The van der Waals surface area contributed by atoms with Crippen molar-refractivity contribution in [3.8, 4) is 5.75 Å². The van der Waals surface area contributed by atoms with Crippen molar-refractivity contribution in [2.24, 2.45) is 5.29 Å². The molecule has 3 rings (SSSR count). The molecule has 0 bridgehead atoms. The zero-order chi connectivity index (χ0) is 11.8. The van der Waals surface area contributed by atoms with E-state index in [1.54, 1.807) is 13.3 Å². The molecule has 1 N–H and O–H groups in total. The van der Waals surface area contributed by atoms with Gasteiger partial charge in [-0.15, -0.1) is 4.91 Å². The minimum Gasteiger partial charge on any atom is -0.497 e. The lowest BCUT2D eigenvalue weighted by atomic mass is 9.98. The fraction of sp³-hybridized carbons (Fsp3) is 0.167. The predicted molar refractivity (Wildman–Crippen MR) is 64.4 cm³/mol. The van der Waals surface area contributed by atoms with Gasteiger partial charge >= 0.3 is 0 Å². The summed E-state index contributed by atoms with van der Waals surface area (Å²) in [6, 6.07) is 5.61. The molecule has 0 fully saturated rings. The highest BCUT2D eigenvalue weighted by molar-refractivity contribution is 5.70. The van der Waals surface area contributed by atoms with Gasteiger partial charge in [-0.1, -0.05) is 6.08 Å². The summed E-state index contributed by atoms with van der Waals surface area (Å²) in [4.78, 5) is 10.9. The molecular formula is C12H11N3O2. The van der Waals surface area contributed by atoms with Gasteiger partial charge in [0.05, 0.1) is 23.8 Å². The fourth-order valence-corrected chi connectivity index (χ4v) is 2.26. The number of anilines is 1. The Morgan fingerprint density at radius 3 is 3.12 bits per heavy atom. The summed E-state index contributed by atoms with van der Waals surface area (Å²) in [5.74, 6) is 0.849. The number of rotatable bonds is 2. The van der Waals surface area contributed by atoms with Crippen LogP contribution in [0.15, 0.2) is 47.7 Å². The first-order valence-electron chi connectivity index (χ1n) is 5.29. The molecule has 1 unspecified atom stereocenters. The maximum Gasteiger partial charge on any atom is 0.119 e. The number of hydrogen-bond acceptors (Lipinski definition) is 4. The summed E-state index contributed by atoms with van der Waals surface area (Å²) in [6.45, 7) is 0. The lowest BCUT2D eigenvalue weighted by Gasteiger charge is -2.15. The van der Waals surface area contributed by atoms with E-state index in [-0.39, 0.29) is 5.92 Å². The third kappa shape index (κ3) is 1.32. The van der Waals surface area contributed by atoms with E-state index in [4.69, 9.17) is 4.74 Å². The molecule has 1 aromatic carbocycles. The summed E-state index contributed by atoms with van der Waals surface area (Å²) >= 11 is 0. The molecule has 0 saturated carbocycles. The van der Waals surface area contributed by atoms with Crippen LogP contribution in [0.4, 0.5) is 5.69 Å². The maximum absolute atomic E-state index is 10.9. The second-order valence-corrected chi connectivity index (χ2v) is 3.89. The van der Waals surface area contributed by atoms with Gasteiger partial charge in [0.1, 0.15) is 5.75 Å². The van der Waals surface area contributed by atoms with Gasteiger partial charge in [-0.2, -0.15) is 5.01 Å². The number of nitrogens with zero attached hydrogens (tertiary/aromatic N) is 2. The van der Waals surface area contributed by atoms with Crippen LogP contribution in [0.25, 0.3) is 0 Å². The molecule has 0 aliphatic carbocycles. The zero-order valence-corrected chi connectivity index (χ0v) is 9.25. The van der Waals surface area contributed by atoms with Gasteiger partial charge in [0.15, 0.2) is 0 Å². The Morgan fingerprint density at radius 1 is 1.47 bits per heavy atom. The molecule has 2 heterocycles. The van der Waals surface area contributed by atoms with Crippen molar-refractivity contribution in [3.63, 3.8) is 0 Å². The molecule has 0 radical (unpaired) electrons. The molecular weight excluding hydrogens is 218 g/mol. The smallest absolute Gasteiger partial charge is 0.119 e. The van der Waals surface area contributed by atoms with E-state index in [9.17, 15) is 4.91 Å². The van der Waals surface area contributed by atoms with Gasteiger partial charge in [0.25, 0.3) is 0 Å². The molecule has 17 heavy (non-hydrogen) atoms. The van der Waals surface area contributed by atoms with Crippen molar-refractivity contribution < 1.29 is 4.74 Å². The highest BCUT2D eigenvalue weighted by Crippen LogP contribution is 2.46. The van der Waals surface area contributed by atoms with E-state index in [0.29, 0.717) is 0 Å². The average Bonchev–Trinajstić information content (AvgIpc) is 2.71. The third-order valence-corrected chi connectivity index (χ3v) is 3.06. The maximum atomic E-state index is 10.9. The molecule has 0 saturated heterocycles. The van der Waals surface area contributed by atoms with E-state index in [1.165, 1.54) is 5.01 Å². The van der Waals surface area contributed by atoms with Crippen LogP contribution in [-0.4, -0.2) is 7.11 Å². The SMILES string of the molecule is COc1ccc2c(c1)C1C=CNC=C1N2N=O. The predicted octanol–water partition coefficient (Wildman–Crippen LogP) is 2.24. The molecule has 0 amide bonds. The molecule has 0 aromatic heterocycles. The highest BCUT2D eigenvalue weighted by atomic mass is 16.5. The Labute approximate surface area is 98.3 Å². The number of hydrogen-bond donors (Lipinski definition) is 1. The fourth-order valence-electron chi connectivity index (χ4n) is 2.26. The number of fused-ring (bicyclic) bond motifs is 3. The Bertz CT molecular complexity index is 537. The average molecular weight is 229 g/mol. The van der Waals surface area contributed by atoms with E-state index in [2.05, 4.69) is 10.6 Å². The Kier molecular flexibility index (Phi) is 2.11. The number of dihydropyridines is 1. The third-order valence-electron chi connectivity index (χ3n) is 3.06. The topological polar surface area (TPSA) is 53.9 Å². The van der Waals surface area contributed by atoms with Crippen LogP contribution in [0.2, 0.25) is 0 Å². The zero-order valence-electron chi connectivity index (χ0n) is 9.25. The van der Waals surface area contributed by atoms with Crippen LogP contribution in [0, 0.1) is 4.91 Å². The summed E-state index contributed by atoms with van der Waals surface area (Å²) in [5, 5.41) is 7.45. The van der Waals surface area contributed by atoms with Crippen LogP contribution < -0.4 is 15.1 Å². The van der Waals surface area contributed by atoms with E-state index < -0.39 is 0 Å². The standard InChI is InChI=1S/C12H11N3O2/c1-17-8-2-3-11-10(6-8)9-4-5-13-7-12(9)15(11)14-16/h2-7,9,13H,1H3. The summed E-state index contributed by atoms with van der Waals surface area (Å²) in [7, 11) is 1.63. The highest BCUT2D eigenvalue weighted by Gasteiger charge is 2.34. The van der Waals surface area contributed by atoms with Crippen molar-refractivity contribution in [2.45, 2.75) is 5.92 Å². The van der Waals surface area contributed by atoms with E-state index in [1.807, 2.05) is 30.5 Å². The van der Waals surface area contributed by atoms with Crippen LogP contribution in [0.3, 0.4) is 0 Å². The second kappa shape index (κ2) is 3.62. The van der Waals surface area contributed by atoms with Gasteiger partial charge in [0.2, 0.25) is 0 Å². The largest absolute Gasteiger partial charge is 0.497 e. The second-order valence-electron chi connectivity index (χ2n) is 3.89. The first-order valence-corrected chi connectivity index (χ1v) is 5.29. The van der Waals surface area contributed by atoms with Crippen LogP contribution >= 0.6 is 0 Å². The number of methoxy groups -OCH3 is 1. The molecule has 2 aliphatic rings. The first kappa shape index (κ1) is 9.89. The van der Waals surface area contributed by atoms with Gasteiger partial charge in [0, 0.05) is 12.1 Å². The van der Waals surface area contributed by atoms with Crippen molar-refractivity contribution in [3.05, 3.63) is 52.8 Å². The van der Waals surface area contributed by atoms with Gasteiger partial charge < -0.3 is 10.1 Å². The first-order chi connectivity index (χ1) is 8.35. The van der Waals surface area contributed by atoms with Crippen LogP contribution in [0.1, 0.15) is 11.5 Å².